The molecule has 1 heterocycles. The first-order valence-corrected chi connectivity index (χ1v) is 6.14. The van der Waals surface area contributed by atoms with E-state index in [4.69, 9.17) is 5.73 Å². The van der Waals surface area contributed by atoms with Crippen LogP contribution in [0.4, 0.5) is 0 Å². The lowest BCUT2D eigenvalue weighted by Crippen LogP contribution is -2.35. The second-order valence-corrected chi connectivity index (χ2v) is 5.80. The average molecular weight is 207 g/mol. The molecule has 1 aromatic carbocycles. The van der Waals surface area contributed by atoms with E-state index in [1.165, 1.54) is 11.3 Å². The third kappa shape index (κ3) is 1.96. The number of hydrogen-bond donors (Lipinski definition) is 1. The van der Waals surface area contributed by atoms with Crippen LogP contribution in [0.2, 0.25) is 0 Å². The summed E-state index contributed by atoms with van der Waals surface area (Å²) in [7, 11) is 0. The second-order valence-electron chi connectivity index (χ2n) is 4.20. The predicted molar refractivity (Wildman–Crippen MR) is 63.5 cm³/mol. The molecule has 2 unspecified atom stereocenters. The van der Waals surface area contributed by atoms with Crippen molar-refractivity contribution in [1.29, 1.82) is 0 Å². The number of nitrogens with two attached hydrogens (primary N) is 1. The van der Waals surface area contributed by atoms with Crippen LogP contribution >= 0.6 is 11.8 Å². The van der Waals surface area contributed by atoms with Crippen molar-refractivity contribution >= 4 is 11.8 Å². The average Bonchev–Trinajstić information content (AvgIpc) is 2.19. The van der Waals surface area contributed by atoms with Crippen molar-refractivity contribution in [2.45, 2.75) is 30.6 Å². The van der Waals surface area contributed by atoms with Gasteiger partial charge in [-0.05, 0) is 31.1 Å². The Morgan fingerprint density at radius 2 is 2.07 bits per heavy atom. The normalized spacial score (nSPS) is 32.9. The Kier molecular flexibility index (Phi) is 2.84. The van der Waals surface area contributed by atoms with Crippen molar-refractivity contribution in [3.05, 3.63) is 35.9 Å². The van der Waals surface area contributed by atoms with Crippen molar-refractivity contribution < 1.29 is 0 Å². The van der Waals surface area contributed by atoms with Gasteiger partial charge in [0.25, 0.3) is 0 Å². The van der Waals surface area contributed by atoms with Crippen LogP contribution in [0.5, 0.6) is 0 Å². The first-order chi connectivity index (χ1) is 6.71. The van der Waals surface area contributed by atoms with Gasteiger partial charge in [0.15, 0.2) is 0 Å². The number of thioether (sulfide) groups is 1. The lowest BCUT2D eigenvalue weighted by atomic mass is 9.92. The third-order valence-corrected chi connectivity index (χ3v) is 4.42. The molecule has 0 spiro atoms. The standard InChI is InChI=1S/C12H17NS/c1-12(9-11(13)7-8-14-12)10-5-3-2-4-6-10/h2-6,11H,7-9,13H2,1H3. The van der Waals surface area contributed by atoms with Gasteiger partial charge in [-0.3, -0.25) is 0 Å². The molecule has 1 saturated heterocycles. The van der Waals surface area contributed by atoms with Gasteiger partial charge in [0.1, 0.15) is 0 Å². The quantitative estimate of drug-likeness (QED) is 0.766. The highest BCUT2D eigenvalue weighted by atomic mass is 32.2. The van der Waals surface area contributed by atoms with Crippen molar-refractivity contribution in [3.63, 3.8) is 0 Å². The van der Waals surface area contributed by atoms with Gasteiger partial charge in [-0.25, -0.2) is 0 Å². The highest BCUT2D eigenvalue weighted by molar-refractivity contribution is 8.00. The van der Waals surface area contributed by atoms with Crippen LogP contribution in [0.25, 0.3) is 0 Å². The molecule has 2 N–H and O–H groups in total. The Bertz CT molecular complexity index is 298. The van der Waals surface area contributed by atoms with Gasteiger partial charge in [0, 0.05) is 10.8 Å². The van der Waals surface area contributed by atoms with E-state index in [9.17, 15) is 0 Å². The van der Waals surface area contributed by atoms with Gasteiger partial charge >= 0.3 is 0 Å². The van der Waals surface area contributed by atoms with Crippen LogP contribution in [0.3, 0.4) is 0 Å². The molecule has 0 amide bonds. The molecule has 1 nitrogen and oxygen atoms in total. The van der Waals surface area contributed by atoms with E-state index < -0.39 is 0 Å². The van der Waals surface area contributed by atoms with E-state index >= 15 is 0 Å². The van der Waals surface area contributed by atoms with Crippen molar-refractivity contribution in [2.24, 2.45) is 5.73 Å². The Labute approximate surface area is 90.1 Å². The Morgan fingerprint density at radius 3 is 2.71 bits per heavy atom. The maximum atomic E-state index is 6.03. The van der Waals surface area contributed by atoms with Crippen LogP contribution < -0.4 is 5.73 Å². The van der Waals surface area contributed by atoms with Crippen LogP contribution in [0.1, 0.15) is 25.3 Å². The summed E-state index contributed by atoms with van der Waals surface area (Å²) in [5, 5.41) is 0. The summed E-state index contributed by atoms with van der Waals surface area (Å²) in [5.41, 5.74) is 7.45. The van der Waals surface area contributed by atoms with Gasteiger partial charge in [0.05, 0.1) is 0 Å². The number of rotatable bonds is 1. The highest BCUT2D eigenvalue weighted by Crippen LogP contribution is 2.43. The molecule has 1 aliphatic rings. The Hall–Kier alpha value is -0.470. The lowest BCUT2D eigenvalue weighted by molar-refractivity contribution is 0.489. The first-order valence-electron chi connectivity index (χ1n) is 5.16. The van der Waals surface area contributed by atoms with Crippen molar-refractivity contribution in [2.75, 3.05) is 5.75 Å². The van der Waals surface area contributed by atoms with Crippen LogP contribution in [-0.4, -0.2) is 11.8 Å². The smallest absolute Gasteiger partial charge is 0.0394 e. The summed E-state index contributed by atoms with van der Waals surface area (Å²) in [6.45, 7) is 2.31. The molecule has 76 valence electrons. The SMILES string of the molecule is CC1(c2ccccc2)CC(N)CCS1. The molecule has 0 radical (unpaired) electrons. The molecular weight excluding hydrogens is 190 g/mol. The fraction of sp³-hybridized carbons (Fsp3) is 0.500. The van der Waals surface area contributed by atoms with E-state index in [-0.39, 0.29) is 4.75 Å². The van der Waals surface area contributed by atoms with E-state index in [1.807, 2.05) is 11.8 Å². The monoisotopic (exact) mass is 207 g/mol. The summed E-state index contributed by atoms with van der Waals surface area (Å²) in [4.78, 5) is 0. The van der Waals surface area contributed by atoms with Gasteiger partial charge < -0.3 is 5.73 Å². The molecule has 2 rings (SSSR count). The predicted octanol–water partition coefficient (Wildman–Crippen LogP) is 2.76. The highest BCUT2D eigenvalue weighted by Gasteiger charge is 2.32. The summed E-state index contributed by atoms with van der Waals surface area (Å²) in [6.07, 6.45) is 2.26. The van der Waals surface area contributed by atoms with Crippen LogP contribution in [-0.2, 0) is 4.75 Å². The fourth-order valence-electron chi connectivity index (χ4n) is 2.09. The Balaban J connectivity index is 2.23. The zero-order valence-electron chi connectivity index (χ0n) is 8.57. The zero-order valence-corrected chi connectivity index (χ0v) is 9.39. The fourth-order valence-corrected chi connectivity index (χ4v) is 3.59. The van der Waals surface area contributed by atoms with Crippen LogP contribution in [0.15, 0.2) is 30.3 Å². The minimum absolute atomic E-state index is 0.235. The van der Waals surface area contributed by atoms with Gasteiger partial charge in [-0.1, -0.05) is 30.3 Å². The summed E-state index contributed by atoms with van der Waals surface area (Å²) in [5.74, 6) is 1.19. The largest absolute Gasteiger partial charge is 0.328 e. The maximum absolute atomic E-state index is 6.03. The van der Waals surface area contributed by atoms with E-state index in [0.717, 1.165) is 12.8 Å². The summed E-state index contributed by atoms with van der Waals surface area (Å²) >= 11 is 2.04. The molecule has 0 aliphatic carbocycles. The summed E-state index contributed by atoms with van der Waals surface area (Å²) < 4.78 is 0.235. The number of hydrogen-bond acceptors (Lipinski definition) is 2. The van der Waals surface area contributed by atoms with Gasteiger partial charge in [0.2, 0.25) is 0 Å². The van der Waals surface area contributed by atoms with E-state index in [0.29, 0.717) is 6.04 Å². The number of benzene rings is 1. The third-order valence-electron chi connectivity index (χ3n) is 2.95. The molecule has 14 heavy (non-hydrogen) atoms. The summed E-state index contributed by atoms with van der Waals surface area (Å²) in [6, 6.07) is 11.1. The topological polar surface area (TPSA) is 26.0 Å². The first kappa shape index (κ1) is 10.1. The molecule has 1 fully saturated rings. The minimum Gasteiger partial charge on any atom is -0.328 e. The molecule has 2 heteroatoms. The van der Waals surface area contributed by atoms with Crippen LogP contribution in [0, 0.1) is 0 Å². The molecule has 0 saturated carbocycles. The molecule has 0 aromatic heterocycles. The van der Waals surface area contributed by atoms with Crippen molar-refractivity contribution in [1.82, 2.24) is 0 Å². The molecule has 2 atom stereocenters. The lowest BCUT2D eigenvalue weighted by Gasteiger charge is -2.36. The molecule has 1 aliphatic heterocycles. The second kappa shape index (κ2) is 3.95. The maximum Gasteiger partial charge on any atom is 0.0394 e. The molecular formula is C12H17NS. The van der Waals surface area contributed by atoms with E-state index in [2.05, 4.69) is 37.3 Å². The van der Waals surface area contributed by atoms with Gasteiger partial charge in [-0.2, -0.15) is 11.8 Å². The van der Waals surface area contributed by atoms with Gasteiger partial charge in [-0.15, -0.1) is 0 Å². The Morgan fingerprint density at radius 1 is 1.36 bits per heavy atom. The minimum atomic E-state index is 0.235. The molecule has 1 aromatic rings. The van der Waals surface area contributed by atoms with Crippen molar-refractivity contribution in [3.8, 4) is 0 Å². The zero-order chi connectivity index (χ0) is 10.0. The van der Waals surface area contributed by atoms with E-state index in [1.54, 1.807) is 0 Å². The molecule has 0 bridgehead atoms.